The highest BCUT2D eigenvalue weighted by atomic mass is 32.2. The molecule has 7 heteroatoms. The zero-order valence-corrected chi connectivity index (χ0v) is 19.5. The van der Waals surface area contributed by atoms with Crippen molar-refractivity contribution in [1.29, 1.82) is 0 Å². The van der Waals surface area contributed by atoms with Crippen molar-refractivity contribution in [2.24, 2.45) is 23.7 Å². The summed E-state index contributed by atoms with van der Waals surface area (Å²) >= 11 is 0. The van der Waals surface area contributed by atoms with E-state index in [4.69, 9.17) is 4.74 Å². The molecule has 1 saturated heterocycles. The van der Waals surface area contributed by atoms with E-state index < -0.39 is 9.84 Å². The van der Waals surface area contributed by atoms with Crippen LogP contribution in [0, 0.1) is 23.7 Å². The Hall–Kier alpha value is -1.63. The van der Waals surface area contributed by atoms with Crippen molar-refractivity contribution in [1.82, 2.24) is 9.88 Å². The second-order valence-corrected chi connectivity index (χ2v) is 11.8. The maximum absolute atomic E-state index is 12.6. The number of sulfone groups is 1. The third-order valence-electron chi connectivity index (χ3n) is 7.54. The van der Waals surface area contributed by atoms with Crippen LogP contribution >= 0.6 is 0 Å². The third-order valence-corrected chi connectivity index (χ3v) is 8.64. The van der Waals surface area contributed by atoms with Gasteiger partial charge in [0.25, 0.3) is 0 Å². The summed E-state index contributed by atoms with van der Waals surface area (Å²) in [5.74, 6) is 3.74. The standard InChI is InChI=1S/C24H36N2O4S/c1-31(28,29)21-7-8-23(25-17-21)30-14-11-20-16-22(20)19-9-12-26(13-10-19)24(27)15-18-5-3-2-4-6-18/h7-8,17-20,22H,2-6,9-16H2,1H3/t20-,22?/m1/s1. The van der Waals surface area contributed by atoms with Gasteiger partial charge in [0.1, 0.15) is 0 Å². The maximum atomic E-state index is 12.6. The number of ether oxygens (including phenoxy) is 1. The fourth-order valence-electron chi connectivity index (χ4n) is 5.51. The minimum absolute atomic E-state index is 0.214. The van der Waals surface area contributed by atoms with Crippen LogP contribution in [0.5, 0.6) is 5.88 Å². The number of nitrogens with zero attached hydrogens (tertiary/aromatic N) is 2. The van der Waals surface area contributed by atoms with E-state index in [2.05, 4.69) is 9.88 Å². The molecule has 4 rings (SSSR count). The van der Waals surface area contributed by atoms with Gasteiger partial charge in [0.05, 0.1) is 11.5 Å². The summed E-state index contributed by atoms with van der Waals surface area (Å²) in [6, 6.07) is 3.17. The first-order chi connectivity index (χ1) is 14.9. The maximum Gasteiger partial charge on any atom is 0.222 e. The molecule has 172 valence electrons. The monoisotopic (exact) mass is 448 g/mol. The van der Waals surface area contributed by atoms with Gasteiger partial charge in [-0.1, -0.05) is 19.3 Å². The van der Waals surface area contributed by atoms with Crippen LogP contribution in [0.4, 0.5) is 0 Å². The molecule has 0 aromatic carbocycles. The summed E-state index contributed by atoms with van der Waals surface area (Å²) in [5, 5.41) is 0. The van der Waals surface area contributed by atoms with Gasteiger partial charge in [-0.2, -0.15) is 0 Å². The minimum Gasteiger partial charge on any atom is -0.478 e. The van der Waals surface area contributed by atoms with E-state index in [1.54, 1.807) is 12.1 Å². The van der Waals surface area contributed by atoms with Gasteiger partial charge >= 0.3 is 0 Å². The van der Waals surface area contributed by atoms with Gasteiger partial charge in [0.2, 0.25) is 11.8 Å². The Labute approximate surface area is 186 Å². The molecular weight excluding hydrogens is 412 g/mol. The summed E-state index contributed by atoms with van der Waals surface area (Å²) < 4.78 is 28.7. The smallest absolute Gasteiger partial charge is 0.222 e. The number of carbonyl (C=O) groups is 1. The number of likely N-dealkylation sites (tertiary alicyclic amines) is 1. The van der Waals surface area contributed by atoms with Crippen LogP contribution in [0.3, 0.4) is 0 Å². The van der Waals surface area contributed by atoms with Gasteiger partial charge in [-0.25, -0.2) is 13.4 Å². The molecule has 31 heavy (non-hydrogen) atoms. The highest BCUT2D eigenvalue weighted by molar-refractivity contribution is 7.90. The number of aromatic nitrogens is 1. The lowest BCUT2D eigenvalue weighted by Crippen LogP contribution is -2.39. The average Bonchev–Trinajstić information content (AvgIpc) is 3.54. The van der Waals surface area contributed by atoms with Crippen molar-refractivity contribution in [3.63, 3.8) is 0 Å². The van der Waals surface area contributed by atoms with Crippen molar-refractivity contribution in [3.05, 3.63) is 18.3 Å². The Morgan fingerprint density at radius 3 is 2.52 bits per heavy atom. The average molecular weight is 449 g/mol. The molecule has 3 aliphatic rings. The van der Waals surface area contributed by atoms with Crippen LogP contribution in [-0.2, 0) is 14.6 Å². The first-order valence-corrected chi connectivity index (χ1v) is 13.9. The quantitative estimate of drug-likeness (QED) is 0.598. The van der Waals surface area contributed by atoms with E-state index in [9.17, 15) is 13.2 Å². The normalized spacial score (nSPS) is 25.4. The number of hydrogen-bond donors (Lipinski definition) is 0. The van der Waals surface area contributed by atoms with E-state index in [1.165, 1.54) is 51.0 Å². The van der Waals surface area contributed by atoms with E-state index in [0.29, 0.717) is 30.2 Å². The fourth-order valence-corrected chi connectivity index (χ4v) is 6.07. The summed E-state index contributed by atoms with van der Waals surface area (Å²) in [6.07, 6.45) is 14.3. The van der Waals surface area contributed by atoms with E-state index in [1.807, 2.05) is 0 Å². The zero-order valence-electron chi connectivity index (χ0n) is 18.7. The summed E-state index contributed by atoms with van der Waals surface area (Å²) in [6.45, 7) is 2.49. The Morgan fingerprint density at radius 1 is 1.13 bits per heavy atom. The first kappa shape index (κ1) is 22.6. The molecule has 0 N–H and O–H groups in total. The van der Waals surface area contributed by atoms with Gasteiger partial charge in [-0.15, -0.1) is 0 Å². The van der Waals surface area contributed by atoms with Crippen molar-refractivity contribution >= 4 is 15.7 Å². The molecule has 2 saturated carbocycles. The van der Waals surface area contributed by atoms with Crippen LogP contribution < -0.4 is 4.74 Å². The number of amides is 1. The molecule has 1 aromatic rings. The Balaban J connectivity index is 1.13. The molecule has 1 aliphatic heterocycles. The molecule has 3 fully saturated rings. The van der Waals surface area contributed by atoms with Crippen molar-refractivity contribution in [2.45, 2.75) is 69.1 Å². The number of carbonyl (C=O) groups excluding carboxylic acids is 1. The molecule has 2 aliphatic carbocycles. The lowest BCUT2D eigenvalue weighted by atomic mass is 9.86. The third kappa shape index (κ3) is 6.21. The predicted molar refractivity (Wildman–Crippen MR) is 120 cm³/mol. The van der Waals surface area contributed by atoms with E-state index in [0.717, 1.165) is 50.6 Å². The van der Waals surface area contributed by atoms with Crippen LogP contribution in [0.2, 0.25) is 0 Å². The summed E-state index contributed by atoms with van der Waals surface area (Å²) in [5.41, 5.74) is 0. The van der Waals surface area contributed by atoms with E-state index >= 15 is 0 Å². The second-order valence-electron chi connectivity index (χ2n) is 9.83. The molecule has 0 radical (unpaired) electrons. The summed E-state index contributed by atoms with van der Waals surface area (Å²) in [4.78, 5) is 19.1. The Morgan fingerprint density at radius 2 is 1.87 bits per heavy atom. The molecule has 1 unspecified atom stereocenters. The van der Waals surface area contributed by atoms with E-state index in [-0.39, 0.29) is 4.90 Å². The Bertz CT molecular complexity index is 841. The molecule has 6 nitrogen and oxygen atoms in total. The lowest BCUT2D eigenvalue weighted by Gasteiger charge is -2.34. The molecule has 2 heterocycles. The highest BCUT2D eigenvalue weighted by Crippen LogP contribution is 2.49. The Kier molecular flexibility index (Phi) is 7.19. The highest BCUT2D eigenvalue weighted by Gasteiger charge is 2.43. The van der Waals surface area contributed by atoms with Gasteiger partial charge < -0.3 is 9.64 Å². The second kappa shape index (κ2) is 9.88. The van der Waals surface area contributed by atoms with Gasteiger partial charge in [-0.05, 0) is 68.3 Å². The van der Waals surface area contributed by atoms with Crippen LogP contribution in [-0.4, -0.2) is 50.2 Å². The minimum atomic E-state index is -3.22. The SMILES string of the molecule is CS(=O)(=O)c1ccc(OCC[C@@H]2CC2C2CCN(C(=O)CC3CCCCC3)CC2)nc1. The van der Waals surface area contributed by atoms with Gasteiger partial charge in [0, 0.05) is 38.0 Å². The number of rotatable bonds is 8. The first-order valence-electron chi connectivity index (χ1n) is 12.0. The van der Waals surface area contributed by atoms with Crippen LogP contribution in [0.15, 0.2) is 23.2 Å². The number of pyridine rings is 1. The molecule has 1 amide bonds. The topological polar surface area (TPSA) is 76.6 Å². The molecule has 2 atom stereocenters. The predicted octanol–water partition coefficient (Wildman–Crippen LogP) is 4.10. The lowest BCUT2D eigenvalue weighted by molar-refractivity contribution is -0.134. The van der Waals surface area contributed by atoms with Crippen molar-refractivity contribution < 1.29 is 17.9 Å². The molecule has 0 spiro atoms. The number of hydrogen-bond acceptors (Lipinski definition) is 5. The van der Waals surface area contributed by atoms with Crippen molar-refractivity contribution in [3.8, 4) is 5.88 Å². The van der Waals surface area contributed by atoms with Crippen LogP contribution in [0.1, 0.15) is 64.2 Å². The molecular formula is C24H36N2O4S. The van der Waals surface area contributed by atoms with Gasteiger partial charge in [-0.3, -0.25) is 4.79 Å². The fraction of sp³-hybridized carbons (Fsp3) is 0.750. The van der Waals surface area contributed by atoms with Gasteiger partial charge in [0.15, 0.2) is 9.84 Å². The van der Waals surface area contributed by atoms with Crippen molar-refractivity contribution in [2.75, 3.05) is 26.0 Å². The zero-order chi connectivity index (χ0) is 21.8. The summed E-state index contributed by atoms with van der Waals surface area (Å²) in [7, 11) is -3.22. The largest absolute Gasteiger partial charge is 0.478 e. The molecule has 1 aromatic heterocycles. The van der Waals surface area contributed by atoms with Crippen LogP contribution in [0.25, 0.3) is 0 Å². The molecule has 0 bridgehead atoms. The number of piperidine rings is 1.